The van der Waals surface area contributed by atoms with Crippen molar-refractivity contribution in [3.63, 3.8) is 0 Å². The number of anilines is 1. The molecular weight excluding hydrogens is 457 g/mol. The van der Waals surface area contributed by atoms with E-state index in [1.165, 1.54) is 62.5 Å². The van der Waals surface area contributed by atoms with E-state index >= 15 is 0 Å². The molecule has 10 heteroatoms. The highest BCUT2D eigenvalue weighted by molar-refractivity contribution is 6.11. The summed E-state index contributed by atoms with van der Waals surface area (Å²) in [5.41, 5.74) is 1.26. The van der Waals surface area contributed by atoms with Gasteiger partial charge in [0.25, 0.3) is 5.91 Å². The number of carbonyl (C=O) groups is 1. The predicted octanol–water partition coefficient (Wildman–Crippen LogP) is 6.08. The van der Waals surface area contributed by atoms with Crippen LogP contribution in [-0.4, -0.2) is 30.7 Å². The van der Waals surface area contributed by atoms with Crippen molar-refractivity contribution in [3.05, 3.63) is 71.3 Å². The predicted molar refractivity (Wildman–Crippen MR) is 117 cm³/mol. The molecule has 34 heavy (non-hydrogen) atoms. The zero-order valence-corrected chi connectivity index (χ0v) is 18.0. The number of furan rings is 1. The first-order valence-electron chi connectivity index (χ1n) is 10.1. The number of halogens is 5. The van der Waals surface area contributed by atoms with Crippen LogP contribution in [0.25, 0.3) is 33.6 Å². The number of hydrogen-bond donors (Lipinski definition) is 2. The van der Waals surface area contributed by atoms with Crippen molar-refractivity contribution in [2.75, 3.05) is 18.9 Å². The highest BCUT2D eigenvalue weighted by Gasteiger charge is 2.29. The minimum atomic E-state index is -4.53. The average molecular weight is 475 g/mol. The molecule has 2 aromatic heterocycles. The summed E-state index contributed by atoms with van der Waals surface area (Å²) in [5, 5.41) is 4.99. The summed E-state index contributed by atoms with van der Waals surface area (Å²) in [6, 6.07) is 10.7. The number of aromatic nitrogens is 1. The van der Waals surface area contributed by atoms with Gasteiger partial charge in [0.1, 0.15) is 29.8 Å². The van der Waals surface area contributed by atoms with Crippen molar-refractivity contribution in [3.8, 4) is 22.5 Å². The normalized spacial score (nSPS) is 11.6. The maximum atomic E-state index is 13.8. The Hall–Kier alpha value is -3.95. The second kappa shape index (κ2) is 8.77. The number of hydrogen-bond acceptors (Lipinski definition) is 4. The molecule has 0 atom stereocenters. The molecule has 0 aliphatic carbocycles. The third-order valence-electron chi connectivity index (χ3n) is 5.17. The number of rotatable bonds is 5. The van der Waals surface area contributed by atoms with Gasteiger partial charge in [-0.15, -0.1) is 0 Å². The second-order valence-corrected chi connectivity index (χ2v) is 7.56. The van der Waals surface area contributed by atoms with Gasteiger partial charge in [0.05, 0.1) is 10.9 Å². The molecule has 176 valence electrons. The lowest BCUT2D eigenvalue weighted by Crippen LogP contribution is -2.22. The van der Waals surface area contributed by atoms with E-state index in [2.05, 4.69) is 15.6 Å². The lowest BCUT2D eigenvalue weighted by molar-refractivity contribution is -0.115. The molecule has 0 aliphatic rings. The van der Waals surface area contributed by atoms with Gasteiger partial charge in [-0.25, -0.2) is 8.78 Å². The fourth-order valence-electron chi connectivity index (χ4n) is 3.53. The van der Waals surface area contributed by atoms with Crippen LogP contribution in [0.1, 0.15) is 15.9 Å². The van der Waals surface area contributed by atoms with E-state index < -0.39 is 30.3 Å². The molecule has 0 bridgehead atoms. The van der Waals surface area contributed by atoms with Gasteiger partial charge in [-0.2, -0.15) is 18.2 Å². The first-order valence-corrected chi connectivity index (χ1v) is 10.1. The molecule has 2 aromatic carbocycles. The van der Waals surface area contributed by atoms with Crippen LogP contribution in [-0.2, 0) is 0 Å². The van der Waals surface area contributed by atoms with Crippen molar-refractivity contribution >= 4 is 22.8 Å². The molecule has 0 radical (unpaired) electrons. The number of alkyl halides is 3. The molecule has 0 fully saturated rings. The van der Waals surface area contributed by atoms with Gasteiger partial charge in [-0.3, -0.25) is 4.79 Å². The van der Waals surface area contributed by atoms with Gasteiger partial charge in [0.15, 0.2) is 0 Å². The van der Waals surface area contributed by atoms with Crippen LogP contribution in [0.4, 0.5) is 27.8 Å². The zero-order chi connectivity index (χ0) is 24.6. The van der Waals surface area contributed by atoms with E-state index in [-0.39, 0.29) is 39.4 Å². The van der Waals surface area contributed by atoms with Crippen molar-refractivity contribution in [1.82, 2.24) is 10.3 Å². The van der Waals surface area contributed by atoms with Crippen LogP contribution in [0.3, 0.4) is 0 Å². The summed E-state index contributed by atoms with van der Waals surface area (Å²) in [6.07, 6.45) is -4.53. The third-order valence-corrected chi connectivity index (χ3v) is 5.17. The standard InChI is InChI=1S/C24H18F5N3O2/c1-12-9-14(5-8-18(12)26)16-10-17-19(22(33)30-2)20(13-3-6-15(25)7-4-13)34-23(17)32-21(16)31-11-24(27,28)29/h3-10H,11H2,1-2H3,(H,30,33)(H,31,32). The lowest BCUT2D eigenvalue weighted by atomic mass is 10.00. The van der Waals surface area contributed by atoms with E-state index in [0.717, 1.165) is 0 Å². The molecule has 2 N–H and O–H groups in total. The van der Waals surface area contributed by atoms with Gasteiger partial charge < -0.3 is 15.1 Å². The zero-order valence-electron chi connectivity index (χ0n) is 18.0. The maximum absolute atomic E-state index is 13.8. The van der Waals surface area contributed by atoms with Gasteiger partial charge in [0, 0.05) is 18.2 Å². The van der Waals surface area contributed by atoms with Gasteiger partial charge in [-0.1, -0.05) is 6.07 Å². The Balaban J connectivity index is 1.98. The van der Waals surface area contributed by atoms with Crippen molar-refractivity contribution in [1.29, 1.82) is 0 Å². The monoisotopic (exact) mass is 475 g/mol. The molecule has 0 unspecified atom stereocenters. The molecular formula is C24H18F5N3O2. The number of nitrogens with zero attached hydrogens (tertiary/aromatic N) is 1. The topological polar surface area (TPSA) is 67.2 Å². The van der Waals surface area contributed by atoms with E-state index in [1.807, 2.05) is 0 Å². The van der Waals surface area contributed by atoms with Crippen LogP contribution in [0.5, 0.6) is 0 Å². The molecule has 0 spiro atoms. The quantitative estimate of drug-likeness (QED) is 0.343. The minimum absolute atomic E-state index is 0.0797. The number of benzene rings is 2. The van der Waals surface area contributed by atoms with Crippen LogP contribution in [0.2, 0.25) is 0 Å². The van der Waals surface area contributed by atoms with E-state index in [1.54, 1.807) is 0 Å². The molecule has 1 amide bonds. The lowest BCUT2D eigenvalue weighted by Gasteiger charge is -2.14. The molecule has 2 heterocycles. The summed E-state index contributed by atoms with van der Waals surface area (Å²) in [7, 11) is 1.41. The molecule has 4 rings (SSSR count). The number of carbonyl (C=O) groups excluding carboxylic acids is 1. The first kappa shape index (κ1) is 23.2. The number of fused-ring (bicyclic) bond motifs is 1. The van der Waals surface area contributed by atoms with Crippen LogP contribution < -0.4 is 10.6 Å². The fraction of sp³-hybridized carbons (Fsp3) is 0.167. The highest BCUT2D eigenvalue weighted by atomic mass is 19.4. The van der Waals surface area contributed by atoms with E-state index in [4.69, 9.17) is 4.42 Å². The van der Waals surface area contributed by atoms with Crippen molar-refractivity contribution in [2.45, 2.75) is 13.1 Å². The Kier molecular flexibility index (Phi) is 5.99. The molecule has 0 saturated carbocycles. The van der Waals surface area contributed by atoms with E-state index in [9.17, 15) is 26.7 Å². The van der Waals surface area contributed by atoms with Crippen LogP contribution in [0, 0.1) is 18.6 Å². The average Bonchev–Trinajstić information content (AvgIpc) is 3.16. The summed E-state index contributed by atoms with van der Waals surface area (Å²) >= 11 is 0. The molecule has 0 aliphatic heterocycles. The molecule has 0 saturated heterocycles. The number of aryl methyl sites for hydroxylation is 1. The largest absolute Gasteiger partial charge is 0.437 e. The molecule has 4 aromatic rings. The Morgan fingerprint density at radius 3 is 2.32 bits per heavy atom. The Bertz CT molecular complexity index is 1380. The molecule has 5 nitrogen and oxygen atoms in total. The summed E-state index contributed by atoms with van der Waals surface area (Å²) in [4.78, 5) is 17.0. The fourth-order valence-corrected chi connectivity index (χ4v) is 3.53. The summed E-state index contributed by atoms with van der Waals surface area (Å²) < 4.78 is 71.8. The number of nitrogens with one attached hydrogen (secondary N) is 2. The second-order valence-electron chi connectivity index (χ2n) is 7.56. The van der Waals surface area contributed by atoms with Crippen LogP contribution in [0.15, 0.2) is 52.9 Å². The van der Waals surface area contributed by atoms with Crippen molar-refractivity contribution < 1.29 is 31.2 Å². The SMILES string of the molecule is CNC(=O)c1c(-c2ccc(F)cc2)oc2nc(NCC(F)(F)F)c(-c3ccc(F)c(C)c3)cc12. The number of amides is 1. The Labute approximate surface area is 190 Å². The first-order chi connectivity index (χ1) is 16.1. The Morgan fingerprint density at radius 2 is 1.71 bits per heavy atom. The summed E-state index contributed by atoms with van der Waals surface area (Å²) in [5.74, 6) is -1.57. The van der Waals surface area contributed by atoms with Crippen LogP contribution >= 0.6 is 0 Å². The van der Waals surface area contributed by atoms with Gasteiger partial charge >= 0.3 is 6.18 Å². The Morgan fingerprint density at radius 1 is 1.03 bits per heavy atom. The third kappa shape index (κ3) is 4.57. The highest BCUT2D eigenvalue weighted by Crippen LogP contribution is 2.38. The van der Waals surface area contributed by atoms with E-state index in [0.29, 0.717) is 11.1 Å². The van der Waals surface area contributed by atoms with Crippen molar-refractivity contribution in [2.24, 2.45) is 0 Å². The minimum Gasteiger partial charge on any atom is -0.437 e. The van der Waals surface area contributed by atoms with Gasteiger partial charge in [0.2, 0.25) is 5.71 Å². The summed E-state index contributed by atoms with van der Waals surface area (Å²) in [6.45, 7) is 0.153. The van der Waals surface area contributed by atoms with Gasteiger partial charge in [-0.05, 0) is 60.5 Å². The number of pyridine rings is 1. The smallest absolute Gasteiger partial charge is 0.405 e. The maximum Gasteiger partial charge on any atom is 0.405 e.